The van der Waals surface area contributed by atoms with Gasteiger partial charge >= 0.3 is 0 Å². The minimum absolute atomic E-state index is 0.0357. The number of rotatable bonds is 4. The van der Waals surface area contributed by atoms with Crippen LogP contribution in [0, 0.1) is 24.4 Å². The van der Waals surface area contributed by atoms with E-state index in [0.29, 0.717) is 5.02 Å². The van der Waals surface area contributed by atoms with Gasteiger partial charge in [-0.1, -0.05) is 29.8 Å². The molecule has 0 aliphatic carbocycles. The molecule has 0 fully saturated rings. The number of hydrogen-bond donors (Lipinski definition) is 1. The van der Waals surface area contributed by atoms with Crippen molar-refractivity contribution < 1.29 is 22.8 Å². The Morgan fingerprint density at radius 2 is 1.55 bits per heavy atom. The molecule has 3 aromatic rings. The van der Waals surface area contributed by atoms with Crippen LogP contribution < -0.4 is 10.2 Å². The highest BCUT2D eigenvalue weighted by Gasteiger charge is 2.40. The number of hydrogen-bond acceptors (Lipinski definition) is 3. The lowest BCUT2D eigenvalue weighted by molar-refractivity contribution is -0.120. The van der Waals surface area contributed by atoms with E-state index in [4.69, 9.17) is 11.6 Å². The van der Waals surface area contributed by atoms with Crippen LogP contribution in [0.1, 0.15) is 11.1 Å². The lowest BCUT2D eigenvalue weighted by Crippen LogP contribution is -2.32. The third kappa shape index (κ3) is 3.80. The van der Waals surface area contributed by atoms with Gasteiger partial charge in [0.1, 0.15) is 11.5 Å². The summed E-state index contributed by atoms with van der Waals surface area (Å²) in [5, 5.41) is 3.08. The molecule has 1 N–H and O–H groups in total. The van der Waals surface area contributed by atoms with Crippen molar-refractivity contribution in [3.05, 3.63) is 100.0 Å². The van der Waals surface area contributed by atoms with Crippen molar-refractivity contribution in [2.75, 3.05) is 10.2 Å². The van der Waals surface area contributed by atoms with Crippen molar-refractivity contribution >= 4 is 40.4 Å². The molecule has 4 rings (SSSR count). The molecule has 0 aromatic heterocycles. The van der Waals surface area contributed by atoms with Crippen LogP contribution in [0.3, 0.4) is 0 Å². The monoisotopic (exact) mass is 442 g/mol. The zero-order valence-corrected chi connectivity index (χ0v) is 16.8. The summed E-state index contributed by atoms with van der Waals surface area (Å²) in [4.78, 5) is 27.4. The van der Waals surface area contributed by atoms with Crippen molar-refractivity contribution in [2.24, 2.45) is 0 Å². The van der Waals surface area contributed by atoms with Gasteiger partial charge in [-0.3, -0.25) is 9.59 Å². The zero-order valence-electron chi connectivity index (χ0n) is 16.0. The van der Waals surface area contributed by atoms with Crippen LogP contribution in [0.5, 0.6) is 0 Å². The molecule has 2 amide bonds. The molecule has 0 spiro atoms. The maximum Gasteiger partial charge on any atom is 0.282 e. The molecule has 0 saturated heterocycles. The Kier molecular flexibility index (Phi) is 5.29. The molecule has 1 aliphatic rings. The largest absolute Gasteiger partial charge is 0.350 e. The average molecular weight is 443 g/mol. The Balaban J connectivity index is 1.83. The molecule has 0 radical (unpaired) electrons. The summed E-state index contributed by atoms with van der Waals surface area (Å²) < 4.78 is 40.4. The lowest BCUT2D eigenvalue weighted by Gasteiger charge is -2.16. The highest BCUT2D eigenvalue weighted by atomic mass is 35.5. The van der Waals surface area contributed by atoms with Crippen molar-refractivity contribution in [3.8, 4) is 0 Å². The number of aryl methyl sites for hydroxylation is 1. The number of nitrogens with one attached hydrogen (secondary N) is 1. The van der Waals surface area contributed by atoms with Gasteiger partial charge in [0.05, 0.1) is 11.3 Å². The molecule has 0 bridgehead atoms. The SMILES string of the molecule is Cc1ccc(N2C(=O)C(Nc3ccc(F)c(F)c3)=C(c3ccc(F)cc3)C2=O)cc1Cl. The number of carbonyl (C=O) groups is 2. The van der Waals surface area contributed by atoms with Gasteiger partial charge in [0, 0.05) is 16.8 Å². The van der Waals surface area contributed by atoms with Gasteiger partial charge in [-0.05, 0) is 54.4 Å². The molecule has 1 aliphatic heterocycles. The summed E-state index contributed by atoms with van der Waals surface area (Å²) in [6.45, 7) is 1.78. The number of anilines is 2. The maximum absolute atomic E-state index is 13.7. The van der Waals surface area contributed by atoms with Crippen molar-refractivity contribution in [2.45, 2.75) is 6.92 Å². The molecular formula is C23H14ClF3N2O2. The van der Waals surface area contributed by atoms with Crippen LogP contribution >= 0.6 is 11.6 Å². The third-order valence-electron chi connectivity index (χ3n) is 4.82. The van der Waals surface area contributed by atoms with E-state index in [-0.39, 0.29) is 28.2 Å². The summed E-state index contributed by atoms with van der Waals surface area (Å²) in [5.41, 5.74) is 1.17. The first-order valence-corrected chi connectivity index (χ1v) is 9.51. The number of halogens is 4. The minimum Gasteiger partial charge on any atom is -0.350 e. The third-order valence-corrected chi connectivity index (χ3v) is 5.23. The second kappa shape index (κ2) is 7.92. The first kappa shape index (κ1) is 20.7. The van der Waals surface area contributed by atoms with Gasteiger partial charge in [-0.2, -0.15) is 0 Å². The Bertz CT molecular complexity index is 1260. The van der Waals surface area contributed by atoms with E-state index >= 15 is 0 Å². The van der Waals surface area contributed by atoms with E-state index in [0.717, 1.165) is 34.7 Å². The smallest absolute Gasteiger partial charge is 0.282 e. The first-order valence-electron chi connectivity index (χ1n) is 9.13. The first-order chi connectivity index (χ1) is 14.8. The van der Waals surface area contributed by atoms with Gasteiger partial charge < -0.3 is 5.32 Å². The van der Waals surface area contributed by atoms with E-state index < -0.39 is 29.3 Å². The summed E-state index contributed by atoms with van der Waals surface area (Å²) in [5.74, 6) is -4.06. The lowest BCUT2D eigenvalue weighted by atomic mass is 10.0. The fourth-order valence-electron chi connectivity index (χ4n) is 3.20. The maximum atomic E-state index is 13.7. The quantitative estimate of drug-likeness (QED) is 0.546. The van der Waals surface area contributed by atoms with Crippen molar-refractivity contribution in [3.63, 3.8) is 0 Å². The molecule has 156 valence electrons. The van der Waals surface area contributed by atoms with Gasteiger partial charge in [0.25, 0.3) is 11.8 Å². The highest BCUT2D eigenvalue weighted by molar-refractivity contribution is 6.46. The normalized spacial score (nSPS) is 13.9. The average Bonchev–Trinajstić information content (AvgIpc) is 2.97. The molecule has 8 heteroatoms. The van der Waals surface area contributed by atoms with Gasteiger partial charge in [0.2, 0.25) is 0 Å². The van der Waals surface area contributed by atoms with E-state index in [1.54, 1.807) is 19.1 Å². The molecular weight excluding hydrogens is 429 g/mol. The Morgan fingerprint density at radius 1 is 0.839 bits per heavy atom. The summed E-state index contributed by atoms with van der Waals surface area (Å²) >= 11 is 6.16. The molecule has 1 heterocycles. The van der Waals surface area contributed by atoms with Gasteiger partial charge in [-0.25, -0.2) is 18.1 Å². The number of carbonyl (C=O) groups excluding carboxylic acids is 2. The fraction of sp³-hybridized carbons (Fsp3) is 0.0435. The van der Waals surface area contributed by atoms with Crippen molar-refractivity contribution in [1.29, 1.82) is 0 Å². The number of nitrogens with zero attached hydrogens (tertiary/aromatic N) is 1. The summed E-state index contributed by atoms with van der Waals surface area (Å²) in [6.07, 6.45) is 0. The van der Waals surface area contributed by atoms with Crippen LogP contribution in [-0.2, 0) is 9.59 Å². The van der Waals surface area contributed by atoms with E-state index in [1.807, 2.05) is 0 Å². The second-order valence-electron chi connectivity index (χ2n) is 6.89. The standard InChI is InChI=1S/C23H14ClF3N2O2/c1-12-2-8-16(11-17(12)24)29-22(30)20(13-3-5-14(25)6-4-13)21(23(29)31)28-15-7-9-18(26)19(27)10-15/h2-11,28H,1H3. The van der Waals surface area contributed by atoms with Crippen LogP contribution in [-0.4, -0.2) is 11.8 Å². The fourth-order valence-corrected chi connectivity index (χ4v) is 3.38. The Hall–Kier alpha value is -3.58. The topological polar surface area (TPSA) is 49.4 Å². The second-order valence-corrected chi connectivity index (χ2v) is 7.30. The van der Waals surface area contributed by atoms with Crippen LogP contribution in [0.4, 0.5) is 24.5 Å². The summed E-state index contributed by atoms with van der Waals surface area (Å²) in [6, 6.07) is 12.7. The predicted octanol–water partition coefficient (Wildman–Crippen LogP) is 5.46. The minimum atomic E-state index is -1.12. The Labute approximate surface area is 180 Å². The molecule has 3 aromatic carbocycles. The number of imide groups is 1. The molecule has 31 heavy (non-hydrogen) atoms. The molecule has 0 atom stereocenters. The van der Waals surface area contributed by atoms with Crippen LogP contribution in [0.15, 0.2) is 66.4 Å². The van der Waals surface area contributed by atoms with Gasteiger partial charge in [-0.15, -0.1) is 0 Å². The van der Waals surface area contributed by atoms with Crippen LogP contribution in [0.25, 0.3) is 5.57 Å². The summed E-state index contributed by atoms with van der Waals surface area (Å²) in [7, 11) is 0. The van der Waals surface area contributed by atoms with Gasteiger partial charge in [0.15, 0.2) is 11.6 Å². The number of benzene rings is 3. The van der Waals surface area contributed by atoms with Crippen LogP contribution in [0.2, 0.25) is 5.02 Å². The molecule has 0 saturated carbocycles. The molecule has 4 nitrogen and oxygen atoms in total. The number of amides is 2. The highest BCUT2D eigenvalue weighted by Crippen LogP contribution is 2.35. The van der Waals surface area contributed by atoms with E-state index in [1.165, 1.54) is 24.3 Å². The zero-order chi connectivity index (χ0) is 22.3. The van der Waals surface area contributed by atoms with E-state index in [9.17, 15) is 22.8 Å². The van der Waals surface area contributed by atoms with Crippen molar-refractivity contribution in [1.82, 2.24) is 0 Å². The van der Waals surface area contributed by atoms with E-state index in [2.05, 4.69) is 5.32 Å². The molecule has 0 unspecified atom stereocenters. The Morgan fingerprint density at radius 3 is 2.19 bits per heavy atom. The predicted molar refractivity (Wildman–Crippen MR) is 112 cm³/mol.